The van der Waals surface area contributed by atoms with Gasteiger partial charge in [-0.15, -0.1) is 0 Å². The van der Waals surface area contributed by atoms with Gasteiger partial charge in [0.1, 0.15) is 11.9 Å². The largest absolute Gasteiger partial charge is 0.444 e. The highest BCUT2D eigenvalue weighted by atomic mass is 19.1. The normalized spacial score (nSPS) is 28.7. The van der Waals surface area contributed by atoms with E-state index >= 15 is 0 Å². The summed E-state index contributed by atoms with van der Waals surface area (Å²) in [4.78, 5) is 17.4. The third-order valence-electron chi connectivity index (χ3n) is 6.55. The van der Waals surface area contributed by atoms with Gasteiger partial charge in [0.25, 0.3) is 0 Å². The second-order valence-corrected chi connectivity index (χ2v) is 8.16. The van der Waals surface area contributed by atoms with E-state index in [1.165, 1.54) is 17.7 Å². The number of nitrogens with zero attached hydrogens (tertiary/aromatic N) is 2. The Labute approximate surface area is 164 Å². The standard InChI is InChI=1S/C23H25FN2O2/c24-19-7-5-18(6-8-19)22-20-4-2-1-3-16(20)11-14-26(22)23(27)28-21-15-25-12-9-17(21)10-13-25/h1-8,17,21-22H,9-15H2/t21-,22?/m0/s1. The Balaban J connectivity index is 1.43. The molecular weight excluding hydrogens is 355 g/mol. The van der Waals surface area contributed by atoms with Crippen molar-refractivity contribution >= 4 is 6.09 Å². The average Bonchev–Trinajstić information content (AvgIpc) is 2.74. The predicted molar refractivity (Wildman–Crippen MR) is 105 cm³/mol. The molecule has 1 unspecified atom stereocenters. The van der Waals surface area contributed by atoms with E-state index in [2.05, 4.69) is 17.0 Å². The van der Waals surface area contributed by atoms with Gasteiger partial charge in [0, 0.05) is 13.1 Å². The molecule has 4 heterocycles. The molecule has 28 heavy (non-hydrogen) atoms. The fraction of sp³-hybridized carbons (Fsp3) is 0.435. The number of carbonyl (C=O) groups is 1. The highest BCUT2D eigenvalue weighted by Crippen LogP contribution is 2.37. The van der Waals surface area contributed by atoms with E-state index in [0.717, 1.165) is 50.0 Å². The number of benzene rings is 2. The summed E-state index contributed by atoms with van der Waals surface area (Å²) in [6, 6.07) is 14.4. The number of carbonyl (C=O) groups excluding carboxylic acids is 1. The lowest BCUT2D eigenvalue weighted by atomic mass is 9.86. The summed E-state index contributed by atoms with van der Waals surface area (Å²) in [5, 5.41) is 0. The average molecular weight is 380 g/mol. The Bertz CT molecular complexity index is 861. The molecule has 0 aromatic heterocycles. The minimum atomic E-state index is -0.269. The van der Waals surface area contributed by atoms with Crippen LogP contribution in [0.5, 0.6) is 0 Å². The van der Waals surface area contributed by atoms with Crippen molar-refractivity contribution in [1.82, 2.24) is 9.80 Å². The molecule has 3 fully saturated rings. The Morgan fingerprint density at radius 3 is 2.46 bits per heavy atom. The number of halogens is 1. The molecular formula is C23H25FN2O2. The molecule has 0 N–H and O–H groups in total. The highest BCUT2D eigenvalue weighted by molar-refractivity contribution is 5.70. The zero-order valence-electron chi connectivity index (χ0n) is 15.9. The zero-order valence-corrected chi connectivity index (χ0v) is 15.9. The molecule has 0 spiro atoms. The first-order valence-electron chi connectivity index (χ1n) is 10.2. The van der Waals surface area contributed by atoms with Crippen LogP contribution in [0.1, 0.15) is 35.6 Å². The topological polar surface area (TPSA) is 32.8 Å². The smallest absolute Gasteiger partial charge is 0.410 e. The van der Waals surface area contributed by atoms with E-state index in [-0.39, 0.29) is 24.1 Å². The lowest BCUT2D eigenvalue weighted by Crippen LogP contribution is -2.53. The second kappa shape index (κ2) is 7.21. The molecule has 4 aliphatic heterocycles. The van der Waals surface area contributed by atoms with Crippen molar-refractivity contribution in [2.75, 3.05) is 26.2 Å². The quantitative estimate of drug-likeness (QED) is 0.789. The van der Waals surface area contributed by atoms with Gasteiger partial charge in [-0.25, -0.2) is 9.18 Å². The van der Waals surface area contributed by atoms with Gasteiger partial charge in [-0.2, -0.15) is 0 Å². The fourth-order valence-electron chi connectivity index (χ4n) is 5.01. The van der Waals surface area contributed by atoms with Crippen molar-refractivity contribution in [2.24, 2.45) is 5.92 Å². The van der Waals surface area contributed by atoms with Gasteiger partial charge in [-0.05, 0) is 67.1 Å². The number of piperidine rings is 3. The molecule has 2 bridgehead atoms. The summed E-state index contributed by atoms with van der Waals surface area (Å²) in [6.07, 6.45) is 2.77. The van der Waals surface area contributed by atoms with Crippen molar-refractivity contribution in [2.45, 2.75) is 31.4 Å². The lowest BCUT2D eigenvalue weighted by Gasteiger charge is -2.45. The summed E-state index contributed by atoms with van der Waals surface area (Å²) in [6.45, 7) is 3.70. The van der Waals surface area contributed by atoms with Crippen LogP contribution in [0, 0.1) is 11.7 Å². The van der Waals surface area contributed by atoms with Gasteiger partial charge in [-0.3, -0.25) is 9.80 Å². The third kappa shape index (κ3) is 3.18. The number of hydrogen-bond acceptors (Lipinski definition) is 3. The molecule has 0 aliphatic carbocycles. The van der Waals surface area contributed by atoms with Crippen molar-refractivity contribution in [3.8, 4) is 0 Å². The van der Waals surface area contributed by atoms with Crippen LogP contribution in [0.4, 0.5) is 9.18 Å². The number of rotatable bonds is 2. The first kappa shape index (κ1) is 17.7. The summed E-state index contributed by atoms with van der Waals surface area (Å²) in [5.74, 6) is 0.213. The van der Waals surface area contributed by atoms with Crippen LogP contribution in [0.15, 0.2) is 48.5 Å². The van der Waals surface area contributed by atoms with Gasteiger partial charge >= 0.3 is 6.09 Å². The zero-order chi connectivity index (χ0) is 19.1. The maximum absolute atomic E-state index is 13.5. The van der Waals surface area contributed by atoms with E-state index in [1.54, 1.807) is 12.1 Å². The van der Waals surface area contributed by atoms with Crippen molar-refractivity contribution < 1.29 is 13.9 Å². The number of hydrogen-bond donors (Lipinski definition) is 0. The Hall–Kier alpha value is -2.40. The molecule has 4 aliphatic rings. The number of amides is 1. The Morgan fingerprint density at radius 1 is 1.00 bits per heavy atom. The van der Waals surface area contributed by atoms with E-state index in [1.807, 2.05) is 17.0 Å². The third-order valence-corrected chi connectivity index (χ3v) is 6.55. The minimum absolute atomic E-state index is 0.0129. The number of fused-ring (bicyclic) bond motifs is 4. The molecule has 6 rings (SSSR count). The molecule has 5 heteroatoms. The van der Waals surface area contributed by atoms with E-state index < -0.39 is 0 Å². The Morgan fingerprint density at radius 2 is 1.75 bits per heavy atom. The molecule has 3 saturated heterocycles. The van der Waals surface area contributed by atoms with Crippen LogP contribution >= 0.6 is 0 Å². The predicted octanol–water partition coefficient (Wildman–Crippen LogP) is 4.00. The van der Waals surface area contributed by atoms with Gasteiger partial charge in [-0.1, -0.05) is 36.4 Å². The summed E-state index contributed by atoms with van der Waals surface area (Å²) >= 11 is 0. The van der Waals surface area contributed by atoms with Crippen LogP contribution in [0.3, 0.4) is 0 Å². The van der Waals surface area contributed by atoms with Crippen molar-refractivity contribution in [3.63, 3.8) is 0 Å². The van der Waals surface area contributed by atoms with Crippen LogP contribution < -0.4 is 0 Å². The summed E-state index contributed by atoms with van der Waals surface area (Å²) < 4.78 is 19.5. The lowest BCUT2D eigenvalue weighted by molar-refractivity contribution is -0.0462. The SMILES string of the molecule is O=C(O[C@H]1CN2CCC1CC2)N1CCc2ccccc2C1c1ccc(F)cc1. The molecule has 146 valence electrons. The van der Waals surface area contributed by atoms with Crippen molar-refractivity contribution in [1.29, 1.82) is 0 Å². The second-order valence-electron chi connectivity index (χ2n) is 8.16. The van der Waals surface area contributed by atoms with Crippen LogP contribution in [0.2, 0.25) is 0 Å². The number of ether oxygens (including phenoxy) is 1. The summed E-state index contributed by atoms with van der Waals surface area (Å²) in [5.41, 5.74) is 3.26. The van der Waals surface area contributed by atoms with E-state index in [4.69, 9.17) is 4.74 Å². The van der Waals surface area contributed by atoms with Crippen LogP contribution in [-0.4, -0.2) is 48.2 Å². The molecule has 4 nitrogen and oxygen atoms in total. The molecule has 2 aromatic rings. The molecule has 0 saturated carbocycles. The van der Waals surface area contributed by atoms with Crippen LogP contribution in [0.25, 0.3) is 0 Å². The molecule has 1 amide bonds. The first-order chi connectivity index (χ1) is 13.7. The van der Waals surface area contributed by atoms with Gasteiger partial charge in [0.2, 0.25) is 0 Å². The van der Waals surface area contributed by atoms with Crippen LogP contribution in [-0.2, 0) is 11.2 Å². The molecule has 0 radical (unpaired) electrons. The van der Waals surface area contributed by atoms with Gasteiger partial charge < -0.3 is 4.74 Å². The van der Waals surface area contributed by atoms with Crippen molar-refractivity contribution in [3.05, 3.63) is 71.0 Å². The molecule has 2 aromatic carbocycles. The first-order valence-corrected chi connectivity index (χ1v) is 10.2. The fourth-order valence-corrected chi connectivity index (χ4v) is 5.01. The van der Waals surface area contributed by atoms with Gasteiger partial charge in [0.05, 0.1) is 6.04 Å². The van der Waals surface area contributed by atoms with E-state index in [0.29, 0.717) is 12.5 Å². The monoisotopic (exact) mass is 380 g/mol. The summed E-state index contributed by atoms with van der Waals surface area (Å²) in [7, 11) is 0. The van der Waals surface area contributed by atoms with E-state index in [9.17, 15) is 9.18 Å². The minimum Gasteiger partial charge on any atom is -0.444 e. The maximum Gasteiger partial charge on any atom is 0.410 e. The molecule has 2 atom stereocenters. The maximum atomic E-state index is 13.5. The Kier molecular flexibility index (Phi) is 4.55. The van der Waals surface area contributed by atoms with Gasteiger partial charge in [0.15, 0.2) is 0 Å². The highest BCUT2D eigenvalue weighted by Gasteiger charge is 2.39.